The minimum absolute atomic E-state index is 0.195. The lowest BCUT2D eigenvalue weighted by Crippen LogP contribution is -2.50. The number of carboxylic acids is 2. The van der Waals surface area contributed by atoms with Crippen molar-refractivity contribution in [2.24, 2.45) is 21.8 Å². The number of aliphatic carboxylic acids is 2. The molecule has 0 fully saturated rings. The molecule has 6 amide bonds. The molecule has 0 aromatic rings. The van der Waals surface area contributed by atoms with Gasteiger partial charge in [0.05, 0.1) is 0 Å². The van der Waals surface area contributed by atoms with E-state index in [0.29, 0.717) is 0 Å². The predicted octanol–water partition coefficient (Wildman–Crippen LogP) is -3.46. The first-order valence-corrected chi connectivity index (χ1v) is 14.3. The number of hydrogen-bond donors (Lipinski definition) is 8. The van der Waals surface area contributed by atoms with Crippen LogP contribution in [-0.2, 0) is 38.4 Å². The highest BCUT2D eigenvalue weighted by Crippen LogP contribution is 2.23. The third-order valence-electron chi connectivity index (χ3n) is 4.89. The molecule has 4 unspecified atom stereocenters. The van der Waals surface area contributed by atoms with E-state index in [4.69, 9.17) is 21.7 Å². The fourth-order valence-electron chi connectivity index (χ4n) is 2.59. The van der Waals surface area contributed by atoms with Crippen molar-refractivity contribution in [2.45, 2.75) is 49.9 Å². The van der Waals surface area contributed by atoms with Crippen LogP contribution in [0.5, 0.6) is 0 Å². The van der Waals surface area contributed by atoms with E-state index < -0.39 is 84.6 Å². The largest absolute Gasteiger partial charge is 0.480 e. The number of nitrogens with two attached hydrogens (primary N) is 2. The standard InChI is InChI=1S/C20H30N8O12S2/c21-9(19(35)36)1-3-13(29)25-11(17(33)23-5-15(31)27-39)7-41-42-8-12(18(34)24-6-16(32)28-40)26-14(30)4-2-10(22)20(37)38/h9-12H,1-8,21-22H2,(H,23,33)(H,24,34)(H,25,29)(H,26,30)(H,35,36)(H,37,38). The van der Waals surface area contributed by atoms with Crippen molar-refractivity contribution in [1.29, 1.82) is 0 Å². The molecule has 234 valence electrons. The second-order valence-corrected chi connectivity index (χ2v) is 10.7. The van der Waals surface area contributed by atoms with E-state index in [1.54, 1.807) is 0 Å². The molecule has 0 saturated carbocycles. The molecule has 0 aromatic heterocycles. The normalized spacial score (nSPS) is 13.3. The van der Waals surface area contributed by atoms with Gasteiger partial charge >= 0.3 is 23.8 Å². The summed E-state index contributed by atoms with van der Waals surface area (Å²) >= 11 is 0. The van der Waals surface area contributed by atoms with Crippen molar-refractivity contribution in [2.75, 3.05) is 24.6 Å². The van der Waals surface area contributed by atoms with Gasteiger partial charge in [-0.15, -0.1) is 9.81 Å². The monoisotopic (exact) mass is 638 g/mol. The number of hydrogen-bond acceptors (Lipinski definition) is 14. The Balaban J connectivity index is 5.30. The van der Waals surface area contributed by atoms with Gasteiger partial charge in [0, 0.05) is 34.7 Å². The molecule has 0 radical (unpaired) electrons. The van der Waals surface area contributed by atoms with Gasteiger partial charge in [0.1, 0.15) is 37.3 Å². The molecule has 0 saturated heterocycles. The molecule has 20 nitrogen and oxygen atoms in total. The van der Waals surface area contributed by atoms with E-state index in [0.717, 1.165) is 21.6 Å². The van der Waals surface area contributed by atoms with Crippen molar-refractivity contribution in [3.05, 3.63) is 9.81 Å². The smallest absolute Gasteiger partial charge is 0.320 e. The summed E-state index contributed by atoms with van der Waals surface area (Å²) in [5.74, 6) is -8.76. The Labute approximate surface area is 244 Å². The number of nitrogens with zero attached hydrogens (tertiary/aromatic N) is 2. The zero-order valence-corrected chi connectivity index (χ0v) is 23.4. The third kappa shape index (κ3) is 16.9. The van der Waals surface area contributed by atoms with Gasteiger partial charge in [-0.25, -0.2) is 0 Å². The molecule has 0 spiro atoms. The van der Waals surface area contributed by atoms with Crippen LogP contribution in [0.4, 0.5) is 0 Å². The molecule has 4 atom stereocenters. The molecule has 0 aliphatic heterocycles. The van der Waals surface area contributed by atoms with Crippen LogP contribution in [0.25, 0.3) is 0 Å². The van der Waals surface area contributed by atoms with Crippen LogP contribution in [0.2, 0.25) is 0 Å². The van der Waals surface area contributed by atoms with Gasteiger partial charge in [-0.05, 0) is 12.8 Å². The highest BCUT2D eigenvalue weighted by atomic mass is 33.1. The van der Waals surface area contributed by atoms with Crippen molar-refractivity contribution in [3.8, 4) is 0 Å². The van der Waals surface area contributed by atoms with Crippen LogP contribution < -0.4 is 32.7 Å². The number of nitrogens with one attached hydrogen (secondary N) is 4. The second kappa shape index (κ2) is 20.8. The number of carbonyl (C=O) groups is 8. The molecule has 0 aromatic carbocycles. The number of rotatable bonds is 21. The van der Waals surface area contributed by atoms with Gasteiger partial charge < -0.3 is 42.9 Å². The molecule has 22 heteroatoms. The Hall–Kier alpha value is -4.02. The Morgan fingerprint density at radius 3 is 1.26 bits per heavy atom. The number of amides is 6. The van der Waals surface area contributed by atoms with Gasteiger partial charge in [-0.3, -0.25) is 38.4 Å². The predicted molar refractivity (Wildman–Crippen MR) is 146 cm³/mol. The van der Waals surface area contributed by atoms with E-state index in [2.05, 4.69) is 31.6 Å². The number of carbonyl (C=O) groups excluding carboxylic acids is 6. The Morgan fingerprint density at radius 2 is 0.976 bits per heavy atom. The fraction of sp³-hybridized carbons (Fsp3) is 0.600. The molecule has 42 heavy (non-hydrogen) atoms. The van der Waals surface area contributed by atoms with E-state index >= 15 is 0 Å². The summed E-state index contributed by atoms with van der Waals surface area (Å²) in [5, 5.41) is 30.8. The summed E-state index contributed by atoms with van der Waals surface area (Å²) in [4.78, 5) is 114. The van der Waals surface area contributed by atoms with Crippen molar-refractivity contribution >= 4 is 69.0 Å². The first-order valence-electron chi connectivity index (χ1n) is 11.8. The lowest BCUT2D eigenvalue weighted by molar-refractivity contribution is -0.140. The van der Waals surface area contributed by atoms with Gasteiger partial charge in [0.2, 0.25) is 23.6 Å². The number of nitroso groups, excluding NO2 is 2. The summed E-state index contributed by atoms with van der Waals surface area (Å²) in [6.07, 6.45) is -1.22. The van der Waals surface area contributed by atoms with E-state index in [1.165, 1.54) is 0 Å². The molecule has 0 rings (SSSR count). The van der Waals surface area contributed by atoms with Gasteiger partial charge in [-0.2, -0.15) is 0 Å². The quantitative estimate of drug-likeness (QED) is 0.0344. The zero-order valence-electron chi connectivity index (χ0n) is 21.8. The highest BCUT2D eigenvalue weighted by molar-refractivity contribution is 8.76. The maximum absolute atomic E-state index is 12.5. The maximum atomic E-state index is 12.5. The average molecular weight is 639 g/mol. The minimum atomic E-state index is -1.34. The Kier molecular flexibility index (Phi) is 18.8. The van der Waals surface area contributed by atoms with Crippen LogP contribution in [0.3, 0.4) is 0 Å². The summed E-state index contributed by atoms with van der Waals surface area (Å²) in [6.45, 7) is -1.52. The number of carboxylic acid groups (broad SMARTS) is 2. The minimum Gasteiger partial charge on any atom is -0.480 e. The molecule has 0 bridgehead atoms. The fourth-order valence-corrected chi connectivity index (χ4v) is 4.92. The second-order valence-electron chi connectivity index (χ2n) is 8.18. The van der Waals surface area contributed by atoms with Crippen molar-refractivity contribution < 1.29 is 48.6 Å². The average Bonchev–Trinajstić information content (AvgIpc) is 2.95. The summed E-state index contributed by atoms with van der Waals surface area (Å²) in [7, 11) is 1.83. The van der Waals surface area contributed by atoms with Crippen LogP contribution in [-0.4, -0.2) is 106 Å². The zero-order chi connectivity index (χ0) is 32.2. The first kappa shape index (κ1) is 38.0. The molecular formula is C20H30N8O12S2. The van der Waals surface area contributed by atoms with Crippen LogP contribution >= 0.6 is 21.6 Å². The van der Waals surface area contributed by atoms with Crippen LogP contribution in [0.15, 0.2) is 10.4 Å². The van der Waals surface area contributed by atoms with Gasteiger partial charge in [0.25, 0.3) is 0 Å². The van der Waals surface area contributed by atoms with Gasteiger partial charge in [0.15, 0.2) is 0 Å². The lowest BCUT2D eigenvalue weighted by Gasteiger charge is -2.20. The van der Waals surface area contributed by atoms with Gasteiger partial charge in [-0.1, -0.05) is 21.6 Å². The molecular weight excluding hydrogens is 608 g/mol. The summed E-state index contributed by atoms with van der Waals surface area (Å²) in [6, 6.07) is -5.29. The van der Waals surface area contributed by atoms with Crippen molar-refractivity contribution in [1.82, 2.24) is 21.3 Å². The highest BCUT2D eigenvalue weighted by Gasteiger charge is 2.25. The van der Waals surface area contributed by atoms with E-state index in [1.807, 2.05) is 0 Å². The summed E-state index contributed by atoms with van der Waals surface area (Å²) < 4.78 is 0. The molecule has 0 heterocycles. The summed E-state index contributed by atoms with van der Waals surface area (Å²) in [5.41, 5.74) is 10.7. The first-order chi connectivity index (χ1) is 19.7. The third-order valence-corrected chi connectivity index (χ3v) is 7.31. The van der Waals surface area contributed by atoms with Crippen molar-refractivity contribution in [3.63, 3.8) is 0 Å². The SMILES string of the molecule is NC(CCC(=O)NC(CSSCC(NC(=O)CCC(N)C(=O)O)C(=O)NCC(=O)N=O)C(=O)NCC(=O)N=O)C(=O)O. The maximum Gasteiger partial charge on any atom is 0.320 e. The Morgan fingerprint density at radius 1 is 0.643 bits per heavy atom. The van der Waals surface area contributed by atoms with E-state index in [9.17, 15) is 48.2 Å². The molecule has 10 N–H and O–H groups in total. The Bertz CT molecular complexity index is 967. The topological polar surface area (TPSA) is 336 Å². The van der Waals surface area contributed by atoms with Crippen LogP contribution in [0, 0.1) is 9.81 Å². The lowest BCUT2D eigenvalue weighted by atomic mass is 10.1. The van der Waals surface area contributed by atoms with Crippen LogP contribution in [0.1, 0.15) is 25.7 Å². The van der Waals surface area contributed by atoms with E-state index in [-0.39, 0.29) is 37.2 Å². The molecule has 0 aliphatic rings. The molecule has 0 aliphatic carbocycles.